The molecule has 0 radical (unpaired) electrons. The van der Waals surface area contributed by atoms with Gasteiger partial charge >= 0.3 is 0 Å². The lowest BCUT2D eigenvalue weighted by molar-refractivity contribution is -0.0559. The molecule has 2 heterocycles. The maximum Gasteiger partial charge on any atom is 0.261 e. The summed E-state index contributed by atoms with van der Waals surface area (Å²) in [5, 5.41) is 0.636. The van der Waals surface area contributed by atoms with E-state index in [1.165, 1.54) is 0 Å². The summed E-state index contributed by atoms with van der Waals surface area (Å²) in [6, 6.07) is 3.74. The van der Waals surface area contributed by atoms with Crippen LogP contribution in [0.3, 0.4) is 0 Å². The van der Waals surface area contributed by atoms with Crippen molar-refractivity contribution in [2.75, 3.05) is 13.2 Å². The highest BCUT2D eigenvalue weighted by molar-refractivity contribution is 5.82. The van der Waals surface area contributed by atoms with E-state index in [4.69, 9.17) is 15.5 Å². The van der Waals surface area contributed by atoms with Crippen LogP contribution < -0.4 is 11.3 Å². The highest BCUT2D eigenvalue weighted by Crippen LogP contribution is 2.31. The lowest BCUT2D eigenvalue weighted by atomic mass is 9.87. The summed E-state index contributed by atoms with van der Waals surface area (Å²) < 4.78 is 6.96. The largest absolute Gasteiger partial charge is 0.379 e. The molecule has 0 spiro atoms. The average Bonchev–Trinajstić information content (AvgIpc) is 2.39. The van der Waals surface area contributed by atoms with Crippen LogP contribution in [0.5, 0.6) is 0 Å². The Hall–Kier alpha value is -1.72. The minimum Gasteiger partial charge on any atom is -0.379 e. The number of fused-ring (bicyclic) bond motifs is 1. The van der Waals surface area contributed by atoms with Crippen molar-refractivity contribution in [1.82, 2.24) is 9.55 Å². The minimum atomic E-state index is -0.192. The third-order valence-corrected chi connectivity index (χ3v) is 4.23. The Kier molecular flexibility index (Phi) is 3.15. The topological polar surface area (TPSA) is 70.1 Å². The number of rotatable bonds is 2. The van der Waals surface area contributed by atoms with Crippen LogP contribution >= 0.6 is 0 Å². The average molecular weight is 287 g/mol. The van der Waals surface area contributed by atoms with E-state index in [9.17, 15) is 4.79 Å². The zero-order valence-electron chi connectivity index (χ0n) is 12.9. The van der Waals surface area contributed by atoms with Crippen molar-refractivity contribution in [3.63, 3.8) is 0 Å². The van der Waals surface area contributed by atoms with Gasteiger partial charge in [-0.15, -0.1) is 0 Å². The fourth-order valence-electron chi connectivity index (χ4n) is 2.98. The first-order valence-electron chi connectivity index (χ1n) is 7.18. The van der Waals surface area contributed by atoms with Gasteiger partial charge in [0.25, 0.3) is 5.56 Å². The molecule has 5 nitrogen and oxygen atoms in total. The SMILES string of the molecule is Cc1cc([C@@H](C)N)c2nc(C3(C)COC3)n(C)c(=O)c2c1. The van der Waals surface area contributed by atoms with E-state index in [1.807, 2.05) is 26.0 Å². The van der Waals surface area contributed by atoms with Crippen molar-refractivity contribution in [2.24, 2.45) is 12.8 Å². The monoisotopic (exact) mass is 287 g/mol. The summed E-state index contributed by atoms with van der Waals surface area (Å²) in [7, 11) is 1.78. The molecule has 0 unspecified atom stereocenters. The van der Waals surface area contributed by atoms with Gasteiger partial charge in [-0.3, -0.25) is 9.36 Å². The molecular formula is C16H21N3O2. The van der Waals surface area contributed by atoms with E-state index in [0.717, 1.165) is 22.5 Å². The third kappa shape index (κ3) is 2.08. The number of hydrogen-bond acceptors (Lipinski definition) is 4. The van der Waals surface area contributed by atoms with Gasteiger partial charge in [-0.25, -0.2) is 4.98 Å². The van der Waals surface area contributed by atoms with E-state index >= 15 is 0 Å². The molecule has 0 saturated carbocycles. The molecule has 1 fully saturated rings. The van der Waals surface area contributed by atoms with Crippen LogP contribution in [-0.4, -0.2) is 22.8 Å². The quantitative estimate of drug-likeness (QED) is 0.909. The molecule has 1 atom stereocenters. The second kappa shape index (κ2) is 4.64. The van der Waals surface area contributed by atoms with Gasteiger partial charge in [-0.2, -0.15) is 0 Å². The summed E-state index contributed by atoms with van der Waals surface area (Å²) in [5.74, 6) is 0.775. The summed E-state index contributed by atoms with van der Waals surface area (Å²) in [5.41, 5.74) is 8.53. The summed E-state index contributed by atoms with van der Waals surface area (Å²) in [4.78, 5) is 17.5. The van der Waals surface area contributed by atoms with Crippen LogP contribution in [-0.2, 0) is 17.2 Å². The first kappa shape index (κ1) is 14.2. The normalized spacial score (nSPS) is 18.5. The number of nitrogens with two attached hydrogens (primary N) is 1. The Morgan fingerprint density at radius 2 is 2.10 bits per heavy atom. The number of hydrogen-bond donors (Lipinski definition) is 1. The Labute approximate surface area is 123 Å². The van der Waals surface area contributed by atoms with E-state index in [0.29, 0.717) is 18.6 Å². The van der Waals surface area contributed by atoms with Gasteiger partial charge in [-0.1, -0.05) is 6.07 Å². The van der Waals surface area contributed by atoms with Gasteiger partial charge in [0.05, 0.1) is 29.5 Å². The number of benzene rings is 1. The molecule has 1 saturated heterocycles. The molecule has 3 rings (SSSR count). The second-order valence-electron chi connectivity index (χ2n) is 6.39. The van der Waals surface area contributed by atoms with Gasteiger partial charge in [0.15, 0.2) is 0 Å². The zero-order chi connectivity index (χ0) is 15.4. The van der Waals surface area contributed by atoms with Crippen LogP contribution in [0.25, 0.3) is 10.9 Å². The second-order valence-corrected chi connectivity index (χ2v) is 6.39. The maximum absolute atomic E-state index is 12.7. The maximum atomic E-state index is 12.7. The van der Waals surface area contributed by atoms with E-state index in [2.05, 4.69) is 6.92 Å². The number of aromatic nitrogens is 2. The van der Waals surface area contributed by atoms with E-state index < -0.39 is 0 Å². The molecule has 1 aromatic heterocycles. The smallest absolute Gasteiger partial charge is 0.261 e. The number of ether oxygens (including phenoxy) is 1. The highest BCUT2D eigenvalue weighted by atomic mass is 16.5. The van der Waals surface area contributed by atoms with Crippen molar-refractivity contribution in [3.05, 3.63) is 39.4 Å². The van der Waals surface area contributed by atoms with Gasteiger partial charge < -0.3 is 10.5 Å². The van der Waals surface area contributed by atoms with Gasteiger partial charge in [0, 0.05) is 13.1 Å². The zero-order valence-corrected chi connectivity index (χ0v) is 12.9. The molecule has 2 aromatic rings. The van der Waals surface area contributed by atoms with Crippen molar-refractivity contribution in [2.45, 2.75) is 32.2 Å². The minimum absolute atomic E-state index is 0.0197. The van der Waals surface area contributed by atoms with Crippen LogP contribution in [0.4, 0.5) is 0 Å². The highest BCUT2D eigenvalue weighted by Gasteiger charge is 2.39. The third-order valence-electron chi connectivity index (χ3n) is 4.23. The van der Waals surface area contributed by atoms with Crippen LogP contribution in [0.15, 0.2) is 16.9 Å². The molecule has 0 amide bonds. The summed E-state index contributed by atoms with van der Waals surface area (Å²) >= 11 is 0. The fourth-order valence-corrected chi connectivity index (χ4v) is 2.98. The molecule has 1 aliphatic heterocycles. The van der Waals surface area contributed by atoms with Gasteiger partial charge in [0.1, 0.15) is 5.82 Å². The van der Waals surface area contributed by atoms with Crippen molar-refractivity contribution in [3.8, 4) is 0 Å². The Bertz CT molecular complexity index is 773. The first-order chi connectivity index (χ1) is 9.83. The van der Waals surface area contributed by atoms with Crippen LogP contribution in [0.2, 0.25) is 0 Å². The first-order valence-corrected chi connectivity index (χ1v) is 7.18. The molecule has 1 aliphatic rings. The Morgan fingerprint density at radius 1 is 1.43 bits per heavy atom. The summed E-state index contributed by atoms with van der Waals surface area (Å²) in [6.45, 7) is 7.15. The lowest BCUT2D eigenvalue weighted by Gasteiger charge is -2.38. The van der Waals surface area contributed by atoms with Gasteiger partial charge in [-0.05, 0) is 38.0 Å². The molecule has 1 aromatic carbocycles. The Balaban J connectivity index is 2.39. The number of nitrogens with zero attached hydrogens (tertiary/aromatic N) is 2. The molecule has 5 heteroatoms. The fraction of sp³-hybridized carbons (Fsp3) is 0.500. The lowest BCUT2D eigenvalue weighted by Crippen LogP contribution is -2.48. The van der Waals surface area contributed by atoms with E-state index in [1.54, 1.807) is 11.6 Å². The van der Waals surface area contributed by atoms with Crippen molar-refractivity contribution >= 4 is 10.9 Å². The Morgan fingerprint density at radius 3 is 2.62 bits per heavy atom. The predicted octanol–water partition coefficient (Wildman–Crippen LogP) is 1.55. The molecule has 21 heavy (non-hydrogen) atoms. The summed E-state index contributed by atoms with van der Waals surface area (Å²) in [6.07, 6.45) is 0. The molecule has 112 valence electrons. The molecule has 0 aliphatic carbocycles. The molecule has 2 N–H and O–H groups in total. The van der Waals surface area contributed by atoms with Crippen LogP contribution in [0.1, 0.15) is 36.8 Å². The molecular weight excluding hydrogens is 266 g/mol. The standard InChI is InChI=1S/C16H21N3O2/c1-9-5-11(10(2)17)13-12(6-9)14(20)19(4)15(18-13)16(3)7-21-8-16/h5-6,10H,7-8,17H2,1-4H3/t10-/m1/s1. The van der Waals surface area contributed by atoms with Gasteiger partial charge in [0.2, 0.25) is 0 Å². The van der Waals surface area contributed by atoms with Crippen molar-refractivity contribution < 1.29 is 4.74 Å². The van der Waals surface area contributed by atoms with E-state index in [-0.39, 0.29) is 17.0 Å². The van der Waals surface area contributed by atoms with Crippen molar-refractivity contribution in [1.29, 1.82) is 0 Å². The molecule has 0 bridgehead atoms. The van der Waals surface area contributed by atoms with Crippen LogP contribution in [0, 0.1) is 6.92 Å². The number of aryl methyl sites for hydroxylation is 1. The predicted molar refractivity (Wildman–Crippen MR) is 82.5 cm³/mol.